The second-order valence-electron chi connectivity index (χ2n) is 1.39. The summed E-state index contributed by atoms with van der Waals surface area (Å²) in [5.41, 5.74) is 0. The van der Waals surface area contributed by atoms with Gasteiger partial charge in [0, 0.05) is 12.3 Å². The molecule has 0 saturated heterocycles. The van der Waals surface area contributed by atoms with E-state index in [1.165, 1.54) is 7.11 Å². The first-order chi connectivity index (χ1) is 5.31. The van der Waals surface area contributed by atoms with E-state index in [0.717, 1.165) is 6.08 Å². The second kappa shape index (κ2) is 6.47. The predicted octanol–water partition coefficient (Wildman–Crippen LogP) is 0.150. The van der Waals surface area contributed by atoms with Gasteiger partial charge >= 0.3 is 5.97 Å². The Hall–Kier alpha value is -1.65. The van der Waals surface area contributed by atoms with E-state index >= 15 is 0 Å². The third kappa shape index (κ3) is 6.23. The highest BCUT2D eigenvalue weighted by atomic mass is 16.5. The molecule has 1 N–H and O–H groups in total. The Labute approximate surface area is 64.1 Å². The lowest BCUT2D eigenvalue weighted by atomic mass is 10.7. The Balaban J connectivity index is 0.000000183. The average molecular weight is 155 g/mol. The van der Waals surface area contributed by atoms with Crippen LogP contribution in [0.1, 0.15) is 0 Å². The Morgan fingerprint density at radius 3 is 2.64 bits per heavy atom. The van der Waals surface area contributed by atoms with Crippen LogP contribution >= 0.6 is 0 Å². The molecule has 1 heterocycles. The van der Waals surface area contributed by atoms with Crippen molar-refractivity contribution in [1.82, 2.24) is 15.4 Å². The van der Waals surface area contributed by atoms with Crippen molar-refractivity contribution in [1.29, 1.82) is 0 Å². The number of esters is 1. The predicted molar refractivity (Wildman–Crippen MR) is 38.6 cm³/mol. The lowest BCUT2D eigenvalue weighted by Gasteiger charge is -1.83. The third-order valence-corrected chi connectivity index (χ3v) is 0.699. The van der Waals surface area contributed by atoms with E-state index in [1.807, 2.05) is 0 Å². The van der Waals surface area contributed by atoms with Gasteiger partial charge in [-0.15, -0.1) is 5.10 Å². The highest BCUT2D eigenvalue weighted by Gasteiger charge is 1.81. The summed E-state index contributed by atoms with van der Waals surface area (Å²) in [6.45, 7) is 3.16. The summed E-state index contributed by atoms with van der Waals surface area (Å²) in [5, 5.41) is 9.26. The number of hydrogen-bond acceptors (Lipinski definition) is 4. The van der Waals surface area contributed by atoms with Crippen LogP contribution < -0.4 is 0 Å². The molecule has 5 heteroatoms. The van der Waals surface area contributed by atoms with E-state index in [4.69, 9.17) is 0 Å². The van der Waals surface area contributed by atoms with E-state index in [2.05, 4.69) is 26.7 Å². The number of carbonyl (C=O) groups is 1. The van der Waals surface area contributed by atoms with Gasteiger partial charge < -0.3 is 4.74 Å². The minimum absolute atomic E-state index is 0.394. The van der Waals surface area contributed by atoms with Gasteiger partial charge in [-0.25, -0.2) is 4.79 Å². The SMILES string of the molecule is C=CC(=O)OC.c1c[nH]nn1. The smallest absolute Gasteiger partial charge is 0.329 e. The quantitative estimate of drug-likeness (QED) is 0.463. The van der Waals surface area contributed by atoms with Crippen molar-refractivity contribution in [2.24, 2.45) is 0 Å². The summed E-state index contributed by atoms with van der Waals surface area (Å²) in [6.07, 6.45) is 4.35. The van der Waals surface area contributed by atoms with Gasteiger partial charge in [0.2, 0.25) is 0 Å². The van der Waals surface area contributed by atoms with Gasteiger partial charge in [-0.05, 0) is 0 Å². The van der Waals surface area contributed by atoms with Crippen LogP contribution in [0.15, 0.2) is 25.0 Å². The Morgan fingerprint density at radius 1 is 1.82 bits per heavy atom. The molecule has 0 unspecified atom stereocenters. The summed E-state index contributed by atoms with van der Waals surface area (Å²) in [7, 11) is 1.31. The molecule has 0 saturated carbocycles. The number of rotatable bonds is 1. The van der Waals surface area contributed by atoms with Crippen LogP contribution in [0.3, 0.4) is 0 Å². The molecule has 0 aliphatic heterocycles. The lowest BCUT2D eigenvalue weighted by molar-refractivity contribution is -0.134. The maximum atomic E-state index is 9.84. The highest BCUT2D eigenvalue weighted by Crippen LogP contribution is 1.67. The first-order valence-corrected chi connectivity index (χ1v) is 2.82. The number of carbonyl (C=O) groups excluding carboxylic acids is 1. The van der Waals surface area contributed by atoms with E-state index in [1.54, 1.807) is 12.4 Å². The van der Waals surface area contributed by atoms with Crippen LogP contribution in [0.2, 0.25) is 0 Å². The summed E-state index contributed by atoms with van der Waals surface area (Å²) in [4.78, 5) is 9.84. The maximum absolute atomic E-state index is 9.84. The summed E-state index contributed by atoms with van der Waals surface area (Å²) in [6, 6.07) is 0. The molecule has 1 aromatic rings. The number of ether oxygens (including phenoxy) is 1. The van der Waals surface area contributed by atoms with Crippen LogP contribution in [0, 0.1) is 0 Å². The number of hydrogen-bond donors (Lipinski definition) is 1. The molecule has 0 atom stereocenters. The van der Waals surface area contributed by atoms with Gasteiger partial charge in [-0.3, -0.25) is 5.10 Å². The molecule has 1 aromatic heterocycles. The minimum atomic E-state index is -0.394. The summed E-state index contributed by atoms with van der Waals surface area (Å²) >= 11 is 0. The fourth-order valence-corrected chi connectivity index (χ4v) is 0.250. The van der Waals surface area contributed by atoms with Crippen molar-refractivity contribution in [3.63, 3.8) is 0 Å². The van der Waals surface area contributed by atoms with E-state index < -0.39 is 5.97 Å². The van der Waals surface area contributed by atoms with Crippen LogP contribution in [0.4, 0.5) is 0 Å². The molecule has 0 fully saturated rings. The average Bonchev–Trinajstić information content (AvgIpc) is 2.60. The molecule has 1 rings (SSSR count). The molecule has 0 aromatic carbocycles. The summed E-state index contributed by atoms with van der Waals surface area (Å²) < 4.78 is 4.14. The number of aromatic nitrogens is 3. The number of nitrogens with zero attached hydrogens (tertiary/aromatic N) is 2. The van der Waals surface area contributed by atoms with Gasteiger partial charge in [-0.2, -0.15) is 0 Å². The summed E-state index contributed by atoms with van der Waals surface area (Å²) in [5.74, 6) is -0.394. The zero-order valence-electron chi connectivity index (χ0n) is 6.15. The number of H-pyrrole nitrogens is 1. The molecular formula is C6H9N3O2. The topological polar surface area (TPSA) is 67.9 Å². The molecule has 11 heavy (non-hydrogen) atoms. The molecule has 60 valence electrons. The first-order valence-electron chi connectivity index (χ1n) is 2.82. The molecular weight excluding hydrogens is 146 g/mol. The fourth-order valence-electron chi connectivity index (χ4n) is 0.250. The van der Waals surface area contributed by atoms with Crippen molar-refractivity contribution in [2.45, 2.75) is 0 Å². The molecule has 0 aliphatic carbocycles. The third-order valence-electron chi connectivity index (χ3n) is 0.699. The highest BCUT2D eigenvalue weighted by molar-refractivity contribution is 5.80. The number of aromatic amines is 1. The standard InChI is InChI=1S/C4H6O2.C2H3N3/c1-3-4(5)6-2;1-2-4-5-3-1/h3H,1H2,2H3;1-2H,(H,3,4,5). The minimum Gasteiger partial charge on any atom is -0.466 e. The van der Waals surface area contributed by atoms with Crippen molar-refractivity contribution in [2.75, 3.05) is 7.11 Å². The van der Waals surface area contributed by atoms with E-state index in [0.29, 0.717) is 0 Å². The second-order valence-corrected chi connectivity index (χ2v) is 1.39. The van der Waals surface area contributed by atoms with E-state index in [-0.39, 0.29) is 0 Å². The van der Waals surface area contributed by atoms with Crippen LogP contribution in [0.5, 0.6) is 0 Å². The van der Waals surface area contributed by atoms with Crippen molar-refractivity contribution in [3.05, 3.63) is 25.0 Å². The Bertz CT molecular complexity index is 178. The number of nitrogens with one attached hydrogen (secondary N) is 1. The monoisotopic (exact) mass is 155 g/mol. The van der Waals surface area contributed by atoms with Gasteiger partial charge in [0.15, 0.2) is 0 Å². The van der Waals surface area contributed by atoms with Crippen molar-refractivity contribution >= 4 is 5.97 Å². The Kier molecular flexibility index (Phi) is 5.50. The van der Waals surface area contributed by atoms with Gasteiger partial charge in [-0.1, -0.05) is 11.8 Å². The van der Waals surface area contributed by atoms with Gasteiger partial charge in [0.25, 0.3) is 0 Å². The van der Waals surface area contributed by atoms with Crippen LogP contribution in [-0.4, -0.2) is 28.5 Å². The zero-order valence-corrected chi connectivity index (χ0v) is 6.15. The fraction of sp³-hybridized carbons (Fsp3) is 0.167. The van der Waals surface area contributed by atoms with Crippen molar-refractivity contribution < 1.29 is 9.53 Å². The molecule has 0 radical (unpaired) electrons. The van der Waals surface area contributed by atoms with Crippen LogP contribution in [-0.2, 0) is 9.53 Å². The first kappa shape index (κ1) is 9.35. The van der Waals surface area contributed by atoms with Crippen LogP contribution in [0.25, 0.3) is 0 Å². The molecule has 0 amide bonds. The Morgan fingerprint density at radius 2 is 2.55 bits per heavy atom. The zero-order chi connectivity index (χ0) is 8.53. The normalized spacial score (nSPS) is 7.36. The molecule has 0 bridgehead atoms. The molecule has 0 aliphatic rings. The van der Waals surface area contributed by atoms with E-state index in [9.17, 15) is 4.79 Å². The van der Waals surface area contributed by atoms with Gasteiger partial charge in [0.05, 0.1) is 13.3 Å². The lowest BCUT2D eigenvalue weighted by Crippen LogP contribution is -1.91. The molecule has 0 spiro atoms. The molecule has 5 nitrogen and oxygen atoms in total. The maximum Gasteiger partial charge on any atom is 0.329 e. The number of methoxy groups -OCH3 is 1. The van der Waals surface area contributed by atoms with Crippen molar-refractivity contribution in [3.8, 4) is 0 Å². The largest absolute Gasteiger partial charge is 0.466 e. The van der Waals surface area contributed by atoms with Gasteiger partial charge in [0.1, 0.15) is 0 Å².